The summed E-state index contributed by atoms with van der Waals surface area (Å²) in [6.07, 6.45) is 4.65. The molecule has 2 N–H and O–H groups in total. The topological polar surface area (TPSA) is 26.0 Å². The van der Waals surface area contributed by atoms with E-state index in [2.05, 4.69) is 35.0 Å². The third-order valence-corrected chi connectivity index (χ3v) is 3.67. The van der Waals surface area contributed by atoms with Gasteiger partial charge in [-0.15, -0.1) is 11.3 Å². The van der Waals surface area contributed by atoms with Gasteiger partial charge in [0.1, 0.15) is 0 Å². The van der Waals surface area contributed by atoms with E-state index < -0.39 is 0 Å². The fourth-order valence-corrected chi connectivity index (χ4v) is 2.86. The molecule has 0 saturated carbocycles. The van der Waals surface area contributed by atoms with Crippen molar-refractivity contribution in [1.29, 1.82) is 0 Å². The Morgan fingerprint density at radius 2 is 2.31 bits per heavy atom. The van der Waals surface area contributed by atoms with E-state index in [4.69, 9.17) is 5.73 Å². The Morgan fingerprint density at radius 1 is 1.54 bits per heavy atom. The van der Waals surface area contributed by atoms with E-state index in [0.717, 1.165) is 12.8 Å². The van der Waals surface area contributed by atoms with Gasteiger partial charge in [0.15, 0.2) is 0 Å². The molecule has 0 amide bonds. The first kappa shape index (κ1) is 11.2. The first-order valence-corrected chi connectivity index (χ1v) is 6.33. The second kappa shape index (κ2) is 5.78. The lowest BCUT2D eigenvalue weighted by Crippen LogP contribution is -2.21. The van der Waals surface area contributed by atoms with Gasteiger partial charge in [0.2, 0.25) is 0 Å². The lowest BCUT2D eigenvalue weighted by Gasteiger charge is -2.08. The Bertz CT molecular complexity index is 247. The van der Waals surface area contributed by atoms with Crippen LogP contribution in [0.3, 0.4) is 0 Å². The fraction of sp³-hybridized carbons (Fsp3) is 0.600. The molecule has 74 valence electrons. The Labute approximate surface area is 92.5 Å². The monoisotopic (exact) mass is 261 g/mol. The van der Waals surface area contributed by atoms with E-state index in [-0.39, 0.29) is 0 Å². The number of thiophene rings is 1. The highest BCUT2D eigenvalue weighted by molar-refractivity contribution is 9.11. The minimum Gasteiger partial charge on any atom is -0.327 e. The molecule has 0 saturated heterocycles. The average Bonchev–Trinajstić information content (AvgIpc) is 2.48. The van der Waals surface area contributed by atoms with Crippen LogP contribution in [0.5, 0.6) is 0 Å². The second-order valence-corrected chi connectivity index (χ2v) is 5.86. The van der Waals surface area contributed by atoms with Gasteiger partial charge in [-0.1, -0.05) is 19.8 Å². The van der Waals surface area contributed by atoms with Crippen molar-refractivity contribution in [2.24, 2.45) is 5.73 Å². The molecule has 0 radical (unpaired) electrons. The molecule has 0 aliphatic heterocycles. The predicted molar refractivity (Wildman–Crippen MR) is 63.2 cm³/mol. The number of nitrogens with two attached hydrogens (primary N) is 1. The van der Waals surface area contributed by atoms with Gasteiger partial charge < -0.3 is 5.73 Å². The van der Waals surface area contributed by atoms with Crippen LogP contribution in [-0.4, -0.2) is 6.04 Å². The van der Waals surface area contributed by atoms with Crippen molar-refractivity contribution < 1.29 is 0 Å². The first-order valence-electron chi connectivity index (χ1n) is 4.72. The summed E-state index contributed by atoms with van der Waals surface area (Å²) in [5.41, 5.74) is 5.99. The van der Waals surface area contributed by atoms with Crippen molar-refractivity contribution in [3.63, 3.8) is 0 Å². The predicted octanol–water partition coefficient (Wildman–Crippen LogP) is 3.57. The molecule has 1 rings (SSSR count). The van der Waals surface area contributed by atoms with Crippen LogP contribution in [0.4, 0.5) is 0 Å². The van der Waals surface area contributed by atoms with Crippen LogP contribution in [0.25, 0.3) is 0 Å². The van der Waals surface area contributed by atoms with E-state index >= 15 is 0 Å². The van der Waals surface area contributed by atoms with Crippen LogP contribution in [0.15, 0.2) is 15.9 Å². The van der Waals surface area contributed by atoms with E-state index in [1.165, 1.54) is 21.5 Å². The summed E-state index contributed by atoms with van der Waals surface area (Å²) < 4.78 is 1.20. The Balaban J connectivity index is 2.31. The van der Waals surface area contributed by atoms with E-state index in [9.17, 15) is 0 Å². The van der Waals surface area contributed by atoms with Crippen LogP contribution in [0.1, 0.15) is 31.1 Å². The van der Waals surface area contributed by atoms with Crippen LogP contribution < -0.4 is 5.73 Å². The van der Waals surface area contributed by atoms with Crippen LogP contribution in [0.2, 0.25) is 0 Å². The van der Waals surface area contributed by atoms with Gasteiger partial charge in [-0.05, 0) is 40.9 Å². The third kappa shape index (κ3) is 4.25. The Morgan fingerprint density at radius 3 is 2.85 bits per heavy atom. The standard InChI is InChI=1S/C10H16BrNS/c1-2-3-4-8(12)7-9-5-6-10(11)13-9/h5-6,8H,2-4,7,12H2,1H3. The lowest BCUT2D eigenvalue weighted by molar-refractivity contribution is 0.577. The molecule has 1 nitrogen and oxygen atoms in total. The third-order valence-electron chi connectivity index (χ3n) is 2.02. The molecule has 1 unspecified atom stereocenters. The summed E-state index contributed by atoms with van der Waals surface area (Å²) in [5.74, 6) is 0. The summed E-state index contributed by atoms with van der Waals surface area (Å²) in [6, 6.07) is 4.58. The van der Waals surface area contributed by atoms with Gasteiger partial charge in [0.25, 0.3) is 0 Å². The molecule has 3 heteroatoms. The summed E-state index contributed by atoms with van der Waals surface area (Å²) in [5, 5.41) is 0. The minimum atomic E-state index is 0.338. The molecule has 1 aromatic heterocycles. The zero-order valence-corrected chi connectivity index (χ0v) is 10.3. The number of unbranched alkanes of at least 4 members (excludes halogenated alkanes) is 1. The SMILES string of the molecule is CCCCC(N)Cc1ccc(Br)s1. The number of hydrogen-bond acceptors (Lipinski definition) is 2. The van der Waals surface area contributed by atoms with Gasteiger partial charge in [0, 0.05) is 10.9 Å². The summed E-state index contributed by atoms with van der Waals surface area (Å²) in [6.45, 7) is 2.20. The van der Waals surface area contributed by atoms with Crippen LogP contribution in [-0.2, 0) is 6.42 Å². The maximum absolute atomic E-state index is 5.99. The molecule has 0 fully saturated rings. The number of hydrogen-bond donors (Lipinski definition) is 1. The zero-order valence-electron chi connectivity index (χ0n) is 7.92. The normalized spacial score (nSPS) is 13.2. The largest absolute Gasteiger partial charge is 0.327 e. The second-order valence-electron chi connectivity index (χ2n) is 3.31. The van der Waals surface area contributed by atoms with Gasteiger partial charge in [-0.2, -0.15) is 0 Å². The van der Waals surface area contributed by atoms with Crippen LogP contribution >= 0.6 is 27.3 Å². The van der Waals surface area contributed by atoms with Crippen molar-refractivity contribution in [2.75, 3.05) is 0 Å². The average molecular weight is 262 g/mol. The maximum atomic E-state index is 5.99. The van der Waals surface area contributed by atoms with Crippen molar-refractivity contribution in [2.45, 2.75) is 38.6 Å². The van der Waals surface area contributed by atoms with Gasteiger partial charge >= 0.3 is 0 Å². The number of halogens is 1. The Hall–Kier alpha value is 0.140. The lowest BCUT2D eigenvalue weighted by atomic mass is 10.1. The molecule has 0 aromatic carbocycles. The summed E-state index contributed by atoms with van der Waals surface area (Å²) in [7, 11) is 0. The highest BCUT2D eigenvalue weighted by Gasteiger charge is 2.05. The summed E-state index contributed by atoms with van der Waals surface area (Å²) >= 11 is 5.24. The number of rotatable bonds is 5. The highest BCUT2D eigenvalue weighted by atomic mass is 79.9. The van der Waals surface area contributed by atoms with Gasteiger partial charge in [-0.3, -0.25) is 0 Å². The Kier molecular flexibility index (Phi) is 4.99. The van der Waals surface area contributed by atoms with Crippen molar-refractivity contribution in [3.8, 4) is 0 Å². The maximum Gasteiger partial charge on any atom is 0.0701 e. The molecular weight excluding hydrogens is 246 g/mol. The van der Waals surface area contributed by atoms with E-state index in [1.807, 2.05) is 0 Å². The van der Waals surface area contributed by atoms with E-state index in [0.29, 0.717) is 6.04 Å². The molecule has 13 heavy (non-hydrogen) atoms. The molecule has 1 heterocycles. The molecular formula is C10H16BrNS. The molecule has 0 aliphatic rings. The zero-order chi connectivity index (χ0) is 9.68. The molecule has 1 aromatic rings. The molecule has 0 spiro atoms. The van der Waals surface area contributed by atoms with Crippen molar-refractivity contribution in [1.82, 2.24) is 0 Å². The summed E-state index contributed by atoms with van der Waals surface area (Å²) in [4.78, 5) is 1.38. The smallest absolute Gasteiger partial charge is 0.0701 e. The highest BCUT2D eigenvalue weighted by Crippen LogP contribution is 2.23. The first-order chi connectivity index (χ1) is 6.22. The fourth-order valence-electron chi connectivity index (χ4n) is 1.29. The van der Waals surface area contributed by atoms with Gasteiger partial charge in [0.05, 0.1) is 3.79 Å². The minimum absolute atomic E-state index is 0.338. The van der Waals surface area contributed by atoms with Crippen molar-refractivity contribution in [3.05, 3.63) is 20.8 Å². The molecule has 0 aliphatic carbocycles. The van der Waals surface area contributed by atoms with E-state index in [1.54, 1.807) is 11.3 Å². The quantitative estimate of drug-likeness (QED) is 0.862. The van der Waals surface area contributed by atoms with Gasteiger partial charge in [-0.25, -0.2) is 0 Å². The van der Waals surface area contributed by atoms with Crippen molar-refractivity contribution >= 4 is 27.3 Å². The molecule has 0 bridgehead atoms. The molecule has 1 atom stereocenters. The van der Waals surface area contributed by atoms with Crippen LogP contribution in [0, 0.1) is 0 Å².